The molecule has 0 heterocycles. The second-order valence-corrected chi connectivity index (χ2v) is 12.4. The van der Waals surface area contributed by atoms with Crippen molar-refractivity contribution in [1.29, 1.82) is 0 Å². The highest BCUT2D eigenvalue weighted by molar-refractivity contribution is 7.92. The molecule has 1 aliphatic rings. The summed E-state index contributed by atoms with van der Waals surface area (Å²) in [6, 6.07) is 7.79. The lowest BCUT2D eigenvalue weighted by Gasteiger charge is -2.23. The van der Waals surface area contributed by atoms with E-state index in [2.05, 4.69) is 10.0 Å². The number of nitrogens with one attached hydrogen (secondary N) is 2. The van der Waals surface area contributed by atoms with Crippen LogP contribution < -0.4 is 10.0 Å². The van der Waals surface area contributed by atoms with Gasteiger partial charge in [0, 0.05) is 16.9 Å². The van der Waals surface area contributed by atoms with Gasteiger partial charge in [-0.3, -0.25) is 9.52 Å². The van der Waals surface area contributed by atoms with Gasteiger partial charge in [0.1, 0.15) is 11.6 Å². The van der Waals surface area contributed by atoms with E-state index in [4.69, 9.17) is 0 Å². The van der Waals surface area contributed by atoms with Crippen LogP contribution in [0.5, 0.6) is 0 Å². The first kappa shape index (κ1) is 26.1. The molecule has 186 valence electrons. The van der Waals surface area contributed by atoms with E-state index in [1.54, 1.807) is 39.8 Å². The first-order valence-electron chi connectivity index (χ1n) is 11.5. The van der Waals surface area contributed by atoms with Crippen molar-refractivity contribution < 1.29 is 22.0 Å². The van der Waals surface area contributed by atoms with Gasteiger partial charge in [-0.1, -0.05) is 46.8 Å². The van der Waals surface area contributed by atoms with Crippen molar-refractivity contribution in [2.45, 2.75) is 71.3 Å². The molecule has 0 bridgehead atoms. The van der Waals surface area contributed by atoms with Crippen LogP contribution in [0, 0.1) is 24.5 Å². The molecule has 2 N–H and O–H groups in total. The number of sulfonamides is 1. The molecule has 1 amide bonds. The number of hydrogen-bond acceptors (Lipinski definition) is 3. The van der Waals surface area contributed by atoms with E-state index in [0.717, 1.165) is 17.4 Å². The quantitative estimate of drug-likeness (QED) is 0.537. The third-order valence-electron chi connectivity index (χ3n) is 6.68. The highest BCUT2D eigenvalue weighted by Gasteiger charge is 2.56. The lowest BCUT2D eigenvalue weighted by atomic mass is 9.83. The van der Waals surface area contributed by atoms with Crippen LogP contribution in [0.15, 0.2) is 30.3 Å². The Morgan fingerprint density at radius 2 is 1.76 bits per heavy atom. The maximum Gasteiger partial charge on any atom is 0.229 e. The van der Waals surface area contributed by atoms with Crippen molar-refractivity contribution in [2.24, 2.45) is 5.92 Å². The van der Waals surface area contributed by atoms with Gasteiger partial charge >= 0.3 is 0 Å². The maximum atomic E-state index is 14.8. The molecule has 2 aromatic carbocycles. The van der Waals surface area contributed by atoms with Crippen molar-refractivity contribution in [3.63, 3.8) is 0 Å². The topological polar surface area (TPSA) is 75.3 Å². The van der Waals surface area contributed by atoms with Crippen LogP contribution >= 0.6 is 0 Å². The smallest absolute Gasteiger partial charge is 0.229 e. The van der Waals surface area contributed by atoms with Gasteiger partial charge in [0.25, 0.3) is 0 Å². The number of halogens is 2. The van der Waals surface area contributed by atoms with Crippen LogP contribution in [0.3, 0.4) is 0 Å². The van der Waals surface area contributed by atoms with Crippen LogP contribution in [0.1, 0.15) is 75.8 Å². The molecule has 3 atom stereocenters. The monoisotopic (exact) mass is 492 g/mol. The Labute approximate surface area is 201 Å². The van der Waals surface area contributed by atoms with Crippen LogP contribution in [0.25, 0.3) is 0 Å². The van der Waals surface area contributed by atoms with Gasteiger partial charge in [-0.2, -0.15) is 0 Å². The predicted octanol–water partition coefficient (Wildman–Crippen LogP) is 5.49. The Morgan fingerprint density at radius 1 is 1.18 bits per heavy atom. The molecule has 0 spiro atoms. The average molecular weight is 493 g/mol. The van der Waals surface area contributed by atoms with Gasteiger partial charge < -0.3 is 5.32 Å². The molecule has 8 heteroatoms. The lowest BCUT2D eigenvalue weighted by Crippen LogP contribution is -2.31. The second-order valence-electron chi connectivity index (χ2n) is 10.7. The largest absolute Gasteiger partial charge is 0.349 e. The SMILES string of the molecule is CCC(NC(=O)[C@@H]1CC1(C)c1cc(F)c(C(C)(C)C)c(F)c1)c1ccc(NS(C)(=O)=O)c(C)c1. The minimum absolute atomic E-state index is 0.0525. The number of carbonyl (C=O) groups is 1. The van der Waals surface area contributed by atoms with Gasteiger partial charge in [-0.05, 0) is 60.1 Å². The summed E-state index contributed by atoms with van der Waals surface area (Å²) in [7, 11) is -3.39. The van der Waals surface area contributed by atoms with Crippen LogP contribution in [-0.2, 0) is 25.6 Å². The van der Waals surface area contributed by atoms with Gasteiger partial charge in [0.2, 0.25) is 15.9 Å². The maximum absolute atomic E-state index is 14.8. The van der Waals surface area contributed by atoms with E-state index < -0.39 is 32.5 Å². The fourth-order valence-corrected chi connectivity index (χ4v) is 5.23. The minimum Gasteiger partial charge on any atom is -0.349 e. The summed E-state index contributed by atoms with van der Waals surface area (Å²) in [6.45, 7) is 10.9. The first-order chi connectivity index (χ1) is 15.6. The van der Waals surface area contributed by atoms with Gasteiger partial charge in [-0.25, -0.2) is 17.2 Å². The van der Waals surface area contributed by atoms with Crippen molar-refractivity contribution in [3.8, 4) is 0 Å². The zero-order valence-electron chi connectivity index (χ0n) is 20.8. The Hall–Kier alpha value is -2.48. The van der Waals surface area contributed by atoms with E-state index in [1.165, 1.54) is 12.1 Å². The Morgan fingerprint density at radius 3 is 2.24 bits per heavy atom. The summed E-state index contributed by atoms with van der Waals surface area (Å²) in [5, 5.41) is 3.06. The molecule has 3 rings (SSSR count). The summed E-state index contributed by atoms with van der Waals surface area (Å²) >= 11 is 0. The molecule has 0 aliphatic heterocycles. The van der Waals surface area contributed by atoms with Crippen molar-refractivity contribution in [3.05, 3.63) is 64.2 Å². The highest BCUT2D eigenvalue weighted by atomic mass is 32.2. The fourth-order valence-electron chi connectivity index (χ4n) is 4.60. The van der Waals surface area contributed by atoms with Crippen molar-refractivity contribution in [2.75, 3.05) is 11.0 Å². The predicted molar refractivity (Wildman–Crippen MR) is 131 cm³/mol. The van der Waals surface area contributed by atoms with E-state index in [-0.39, 0.29) is 23.4 Å². The first-order valence-corrected chi connectivity index (χ1v) is 13.3. The molecular formula is C26H34F2N2O3S. The van der Waals surface area contributed by atoms with E-state index in [1.807, 2.05) is 19.9 Å². The lowest BCUT2D eigenvalue weighted by molar-refractivity contribution is -0.123. The molecular weight excluding hydrogens is 458 g/mol. The van der Waals surface area contributed by atoms with Crippen LogP contribution in [0.4, 0.5) is 14.5 Å². The van der Waals surface area contributed by atoms with E-state index in [0.29, 0.717) is 24.1 Å². The number of amides is 1. The standard InChI is InChI=1S/C26H34F2N2O3S/c1-8-21(16-9-10-22(15(2)11-16)30-34(7,32)33)29-24(31)18-14-26(18,6)17-12-19(27)23(20(28)13-17)25(3,4)5/h9-13,18,21,30H,8,14H2,1-7H3,(H,29,31)/t18-,21?,26?/m0/s1. The van der Waals surface area contributed by atoms with Crippen molar-refractivity contribution in [1.82, 2.24) is 5.32 Å². The van der Waals surface area contributed by atoms with E-state index in [9.17, 15) is 22.0 Å². The molecule has 0 saturated heterocycles. The zero-order chi connectivity index (χ0) is 25.6. The molecule has 0 aromatic heterocycles. The van der Waals surface area contributed by atoms with Gasteiger partial charge in [0.05, 0.1) is 18.0 Å². The normalized spacial score (nSPS) is 21.1. The Bertz CT molecular complexity index is 1200. The molecule has 5 nitrogen and oxygen atoms in total. The molecule has 34 heavy (non-hydrogen) atoms. The number of hydrogen-bond donors (Lipinski definition) is 2. The summed E-state index contributed by atoms with van der Waals surface area (Å²) in [5.41, 5.74) is 1.36. The van der Waals surface area contributed by atoms with Crippen molar-refractivity contribution >= 4 is 21.6 Å². The third-order valence-corrected chi connectivity index (χ3v) is 7.27. The minimum atomic E-state index is -3.39. The Balaban J connectivity index is 1.77. The summed E-state index contributed by atoms with van der Waals surface area (Å²) in [5.74, 6) is -1.71. The number of carbonyl (C=O) groups excluding carboxylic acids is 1. The number of aryl methyl sites for hydroxylation is 1. The zero-order valence-corrected chi connectivity index (χ0v) is 21.7. The summed E-state index contributed by atoms with van der Waals surface area (Å²) in [4.78, 5) is 13.1. The molecule has 2 aromatic rings. The van der Waals surface area contributed by atoms with Crippen LogP contribution in [-0.4, -0.2) is 20.6 Å². The summed E-state index contributed by atoms with van der Waals surface area (Å²) in [6.07, 6.45) is 2.24. The number of anilines is 1. The Kier molecular flexibility index (Phi) is 6.88. The molecule has 0 radical (unpaired) electrons. The molecule has 2 unspecified atom stereocenters. The van der Waals surface area contributed by atoms with Gasteiger partial charge in [0.15, 0.2) is 0 Å². The van der Waals surface area contributed by atoms with Crippen LogP contribution in [0.2, 0.25) is 0 Å². The molecule has 1 fully saturated rings. The second kappa shape index (κ2) is 8.95. The van der Waals surface area contributed by atoms with Gasteiger partial charge in [-0.15, -0.1) is 0 Å². The molecule has 1 aliphatic carbocycles. The van der Waals surface area contributed by atoms with E-state index >= 15 is 0 Å². The highest BCUT2D eigenvalue weighted by Crippen LogP contribution is 2.55. The summed E-state index contributed by atoms with van der Waals surface area (Å²) < 4.78 is 55.1. The molecule has 1 saturated carbocycles. The number of benzene rings is 2. The number of rotatable bonds is 7. The third kappa shape index (κ3) is 5.43. The fraction of sp³-hybridized carbons (Fsp3) is 0.500. The average Bonchev–Trinajstić information content (AvgIpc) is 3.38.